The van der Waals surface area contributed by atoms with Gasteiger partial charge in [0.1, 0.15) is 0 Å². The van der Waals surface area contributed by atoms with E-state index in [0.717, 1.165) is 24.1 Å². The lowest BCUT2D eigenvalue weighted by Crippen LogP contribution is -2.25. The molecule has 0 aliphatic heterocycles. The van der Waals surface area contributed by atoms with E-state index in [9.17, 15) is 5.11 Å². The monoisotopic (exact) mass is 271 g/mol. The molecule has 3 nitrogen and oxygen atoms in total. The summed E-state index contributed by atoms with van der Waals surface area (Å²) in [5.41, 5.74) is 1.96. The van der Waals surface area contributed by atoms with Crippen molar-refractivity contribution in [2.24, 2.45) is 0 Å². The van der Waals surface area contributed by atoms with Crippen LogP contribution in [-0.4, -0.2) is 31.0 Å². The van der Waals surface area contributed by atoms with Crippen molar-refractivity contribution in [1.29, 1.82) is 0 Å². The molecule has 18 heavy (non-hydrogen) atoms. The van der Waals surface area contributed by atoms with Gasteiger partial charge in [-0.2, -0.15) is 0 Å². The average Bonchev–Trinajstić information content (AvgIpc) is 2.33. The second-order valence-corrected chi connectivity index (χ2v) is 4.85. The Morgan fingerprint density at radius 2 is 2.22 bits per heavy atom. The van der Waals surface area contributed by atoms with Crippen LogP contribution in [0.4, 0.5) is 5.69 Å². The van der Waals surface area contributed by atoms with Crippen LogP contribution >= 0.6 is 11.6 Å². The zero-order chi connectivity index (χ0) is 13.4. The lowest BCUT2D eigenvalue weighted by atomic mass is 10.2. The third-order valence-electron chi connectivity index (χ3n) is 2.61. The maximum Gasteiger partial charge on any atom is 0.0945 e. The van der Waals surface area contributed by atoms with Gasteiger partial charge in [0.05, 0.1) is 23.4 Å². The molecular formula is C14H22ClNO2. The van der Waals surface area contributed by atoms with Crippen LogP contribution < -0.4 is 5.32 Å². The van der Waals surface area contributed by atoms with Crippen LogP contribution in [0.2, 0.25) is 5.02 Å². The first-order chi connectivity index (χ1) is 8.63. The Bertz CT molecular complexity index is 358. The summed E-state index contributed by atoms with van der Waals surface area (Å²) >= 11 is 6.08. The molecule has 0 aliphatic carbocycles. The molecular weight excluding hydrogens is 250 g/mol. The smallest absolute Gasteiger partial charge is 0.0945 e. The normalized spacial score (nSPS) is 12.4. The van der Waals surface area contributed by atoms with E-state index < -0.39 is 6.10 Å². The van der Waals surface area contributed by atoms with Gasteiger partial charge in [-0.15, -0.1) is 0 Å². The minimum absolute atomic E-state index is 0.358. The zero-order valence-electron chi connectivity index (χ0n) is 11.1. The molecule has 102 valence electrons. The van der Waals surface area contributed by atoms with Crippen molar-refractivity contribution in [2.75, 3.05) is 25.1 Å². The lowest BCUT2D eigenvalue weighted by molar-refractivity contribution is 0.0422. The number of aliphatic hydroxyl groups excluding tert-OH is 1. The largest absolute Gasteiger partial charge is 0.389 e. The number of nitrogens with one attached hydrogen (secondary N) is 1. The average molecular weight is 272 g/mol. The highest BCUT2D eigenvalue weighted by Crippen LogP contribution is 2.22. The quantitative estimate of drug-likeness (QED) is 0.713. The first-order valence-electron chi connectivity index (χ1n) is 6.39. The zero-order valence-corrected chi connectivity index (χ0v) is 11.8. The summed E-state index contributed by atoms with van der Waals surface area (Å²) in [6.07, 6.45) is 1.62. The van der Waals surface area contributed by atoms with Crippen molar-refractivity contribution >= 4 is 17.3 Å². The first kappa shape index (κ1) is 15.3. The number of hydrogen-bond donors (Lipinski definition) is 2. The van der Waals surface area contributed by atoms with E-state index >= 15 is 0 Å². The molecule has 0 fully saturated rings. The van der Waals surface area contributed by atoms with E-state index in [1.165, 1.54) is 0 Å². The maximum atomic E-state index is 9.72. The molecule has 0 heterocycles. The summed E-state index contributed by atoms with van der Waals surface area (Å²) in [4.78, 5) is 0. The molecule has 1 aromatic carbocycles. The molecule has 0 amide bonds. The van der Waals surface area contributed by atoms with Crippen LogP contribution in [0, 0.1) is 6.92 Å². The summed E-state index contributed by atoms with van der Waals surface area (Å²) in [7, 11) is 0. The van der Waals surface area contributed by atoms with Crippen molar-refractivity contribution < 1.29 is 9.84 Å². The van der Waals surface area contributed by atoms with Gasteiger partial charge < -0.3 is 15.2 Å². The Hall–Kier alpha value is -0.770. The van der Waals surface area contributed by atoms with Crippen molar-refractivity contribution in [1.82, 2.24) is 0 Å². The predicted octanol–water partition coefficient (Wildman–Crippen LogP) is 3.24. The Morgan fingerprint density at radius 3 is 2.89 bits per heavy atom. The van der Waals surface area contributed by atoms with Crippen LogP contribution in [0.5, 0.6) is 0 Å². The van der Waals surface area contributed by atoms with E-state index in [1.807, 2.05) is 25.1 Å². The van der Waals surface area contributed by atoms with Crippen molar-refractivity contribution in [2.45, 2.75) is 32.8 Å². The van der Waals surface area contributed by atoms with Gasteiger partial charge in [-0.1, -0.05) is 31.0 Å². The summed E-state index contributed by atoms with van der Waals surface area (Å²) in [6, 6.07) is 5.80. The standard InChI is InChI=1S/C14H22ClNO2/c1-3-4-7-18-10-12(17)9-16-14-6-5-11(2)8-13(14)15/h5-6,8,12,16-17H,3-4,7,9-10H2,1-2H3. The van der Waals surface area contributed by atoms with E-state index in [-0.39, 0.29) is 0 Å². The third-order valence-corrected chi connectivity index (χ3v) is 2.92. The van der Waals surface area contributed by atoms with Crippen LogP contribution in [-0.2, 0) is 4.74 Å². The maximum absolute atomic E-state index is 9.72. The number of benzene rings is 1. The van der Waals surface area contributed by atoms with Crippen LogP contribution in [0.25, 0.3) is 0 Å². The fourth-order valence-corrected chi connectivity index (χ4v) is 1.82. The molecule has 0 saturated carbocycles. The minimum Gasteiger partial charge on any atom is -0.389 e. The third kappa shape index (κ3) is 5.71. The highest BCUT2D eigenvalue weighted by atomic mass is 35.5. The second-order valence-electron chi connectivity index (χ2n) is 4.45. The molecule has 0 aliphatic rings. The number of anilines is 1. The summed E-state index contributed by atoms with van der Waals surface area (Å²) in [5.74, 6) is 0. The number of hydrogen-bond acceptors (Lipinski definition) is 3. The highest BCUT2D eigenvalue weighted by molar-refractivity contribution is 6.33. The van der Waals surface area contributed by atoms with Gasteiger partial charge in [0.15, 0.2) is 0 Å². The van der Waals surface area contributed by atoms with E-state index in [1.54, 1.807) is 0 Å². The van der Waals surface area contributed by atoms with Gasteiger partial charge in [0, 0.05) is 13.2 Å². The van der Waals surface area contributed by atoms with Gasteiger partial charge in [0.25, 0.3) is 0 Å². The number of halogens is 1. The molecule has 0 aromatic heterocycles. The molecule has 1 atom stereocenters. The van der Waals surface area contributed by atoms with E-state index in [0.29, 0.717) is 24.8 Å². The molecule has 0 saturated heterocycles. The lowest BCUT2D eigenvalue weighted by Gasteiger charge is -2.14. The predicted molar refractivity (Wildman–Crippen MR) is 76.4 cm³/mol. The van der Waals surface area contributed by atoms with Crippen LogP contribution in [0.3, 0.4) is 0 Å². The van der Waals surface area contributed by atoms with E-state index in [4.69, 9.17) is 16.3 Å². The molecule has 0 spiro atoms. The van der Waals surface area contributed by atoms with Crippen molar-refractivity contribution in [3.63, 3.8) is 0 Å². The Morgan fingerprint density at radius 1 is 1.44 bits per heavy atom. The van der Waals surface area contributed by atoms with E-state index in [2.05, 4.69) is 12.2 Å². The number of rotatable bonds is 8. The summed E-state index contributed by atoms with van der Waals surface area (Å²) in [6.45, 7) is 5.61. The van der Waals surface area contributed by atoms with Gasteiger partial charge in [-0.25, -0.2) is 0 Å². The topological polar surface area (TPSA) is 41.5 Å². The number of aryl methyl sites for hydroxylation is 1. The summed E-state index contributed by atoms with van der Waals surface area (Å²) in [5, 5.41) is 13.5. The number of unbranched alkanes of at least 4 members (excludes halogenated alkanes) is 1. The number of aliphatic hydroxyl groups is 1. The fraction of sp³-hybridized carbons (Fsp3) is 0.571. The second kappa shape index (κ2) is 8.35. The van der Waals surface area contributed by atoms with Crippen molar-refractivity contribution in [3.05, 3.63) is 28.8 Å². The van der Waals surface area contributed by atoms with Crippen molar-refractivity contribution in [3.8, 4) is 0 Å². The minimum atomic E-state index is -0.515. The number of ether oxygens (including phenoxy) is 1. The van der Waals surface area contributed by atoms with Gasteiger partial charge in [0.2, 0.25) is 0 Å². The molecule has 0 bridgehead atoms. The van der Waals surface area contributed by atoms with Crippen LogP contribution in [0.15, 0.2) is 18.2 Å². The van der Waals surface area contributed by atoms with Gasteiger partial charge in [-0.3, -0.25) is 0 Å². The summed E-state index contributed by atoms with van der Waals surface area (Å²) < 4.78 is 5.35. The Kier molecular flexibility index (Phi) is 7.09. The molecule has 0 radical (unpaired) electrons. The molecule has 1 rings (SSSR count). The Labute approximate surface area is 114 Å². The molecule has 4 heteroatoms. The van der Waals surface area contributed by atoms with Gasteiger partial charge in [-0.05, 0) is 31.0 Å². The SMILES string of the molecule is CCCCOCC(O)CNc1ccc(C)cc1Cl. The van der Waals surface area contributed by atoms with Crippen LogP contribution in [0.1, 0.15) is 25.3 Å². The van der Waals surface area contributed by atoms with Gasteiger partial charge >= 0.3 is 0 Å². The molecule has 1 unspecified atom stereocenters. The molecule has 1 aromatic rings. The first-order valence-corrected chi connectivity index (χ1v) is 6.77. The fourth-order valence-electron chi connectivity index (χ4n) is 1.52. The highest BCUT2D eigenvalue weighted by Gasteiger charge is 2.06. The molecule has 2 N–H and O–H groups in total. The Balaban J connectivity index is 2.27.